The van der Waals surface area contributed by atoms with Crippen molar-refractivity contribution in [2.24, 2.45) is 0 Å². The molecule has 0 heteroatoms. The molecular formula is C42H24. The summed E-state index contributed by atoms with van der Waals surface area (Å²) in [5, 5.41) is 18.8. The van der Waals surface area contributed by atoms with Crippen LogP contribution in [0.25, 0.3) is 97.7 Å². The first-order chi connectivity index (χ1) is 20.9. The third-order valence-electron chi connectivity index (χ3n) is 9.54. The Morgan fingerprint density at radius 3 is 1.67 bits per heavy atom. The Bertz CT molecular complexity index is 2650. The van der Waals surface area contributed by atoms with E-state index in [1.54, 1.807) is 0 Å². The van der Waals surface area contributed by atoms with E-state index in [2.05, 4.69) is 146 Å². The summed E-state index contributed by atoms with van der Waals surface area (Å²) in [5.74, 6) is 0. The van der Waals surface area contributed by atoms with Gasteiger partial charge >= 0.3 is 0 Å². The zero-order valence-electron chi connectivity index (χ0n) is 22.9. The molecule has 10 aromatic carbocycles. The van der Waals surface area contributed by atoms with Gasteiger partial charge in [-0.05, 0) is 97.7 Å². The molecule has 192 valence electrons. The van der Waals surface area contributed by atoms with Gasteiger partial charge in [0, 0.05) is 0 Å². The lowest BCUT2D eigenvalue weighted by molar-refractivity contribution is 1.69. The average Bonchev–Trinajstić information content (AvgIpc) is 3.57. The fraction of sp³-hybridized carbons (Fsp3) is 0. The second-order valence-electron chi connectivity index (χ2n) is 11.6. The lowest BCUT2D eigenvalue weighted by atomic mass is 9.90. The number of fused-ring (bicyclic) bond motifs is 8. The normalized spacial score (nSPS) is 12.3. The first-order valence-corrected chi connectivity index (χ1v) is 14.7. The lowest BCUT2D eigenvalue weighted by Crippen LogP contribution is -1.84. The molecule has 0 atom stereocenters. The molecule has 0 spiro atoms. The van der Waals surface area contributed by atoms with Crippen LogP contribution in [-0.4, -0.2) is 0 Å². The van der Waals surface area contributed by atoms with E-state index in [1.807, 2.05) is 0 Å². The third-order valence-corrected chi connectivity index (χ3v) is 9.54. The second-order valence-corrected chi connectivity index (χ2v) is 11.6. The van der Waals surface area contributed by atoms with Crippen molar-refractivity contribution < 1.29 is 0 Å². The maximum atomic E-state index is 2.40. The highest BCUT2D eigenvalue weighted by Crippen LogP contribution is 2.53. The van der Waals surface area contributed by atoms with Crippen molar-refractivity contribution in [2.45, 2.75) is 0 Å². The van der Waals surface area contributed by atoms with Gasteiger partial charge in [-0.25, -0.2) is 0 Å². The highest BCUT2D eigenvalue weighted by molar-refractivity contribution is 6.48. The van der Waals surface area contributed by atoms with Crippen LogP contribution in [0.4, 0.5) is 0 Å². The standard InChI is InChI=1S/C42H24/c1-2-12-26(13-3-1)37-34-21-10-20-32-29-16-6-7-17-33(29)40(39(32)34)42-36-24-23-30(31-19-9-22-35(38(31)36)41(37)42)28-18-8-14-25-11-4-5-15-27(25)28/h1-24H. The Hall–Kier alpha value is -5.46. The molecule has 0 radical (unpaired) electrons. The van der Waals surface area contributed by atoms with Crippen LogP contribution in [0.2, 0.25) is 0 Å². The summed E-state index contributed by atoms with van der Waals surface area (Å²) in [6.45, 7) is 0. The first-order valence-electron chi connectivity index (χ1n) is 14.7. The van der Waals surface area contributed by atoms with E-state index >= 15 is 0 Å². The fourth-order valence-electron chi connectivity index (χ4n) is 7.93. The maximum absolute atomic E-state index is 2.40. The zero-order valence-corrected chi connectivity index (χ0v) is 22.9. The summed E-state index contributed by atoms with van der Waals surface area (Å²) in [6.07, 6.45) is 0. The second kappa shape index (κ2) is 8.06. The molecule has 10 rings (SSSR count). The minimum absolute atomic E-state index is 1.27. The first kappa shape index (κ1) is 22.3. The van der Waals surface area contributed by atoms with Gasteiger partial charge in [0.25, 0.3) is 0 Å². The number of benzene rings is 8. The molecule has 0 aliphatic rings. The van der Waals surface area contributed by atoms with E-state index in [9.17, 15) is 0 Å². The summed E-state index contributed by atoms with van der Waals surface area (Å²) in [4.78, 5) is 0. The van der Waals surface area contributed by atoms with E-state index in [1.165, 1.54) is 97.7 Å². The molecule has 10 aromatic rings. The minimum atomic E-state index is 1.27. The van der Waals surface area contributed by atoms with Crippen LogP contribution >= 0.6 is 0 Å². The lowest BCUT2D eigenvalue weighted by Gasteiger charge is -2.12. The quantitative estimate of drug-likeness (QED) is 0.209. The molecule has 0 aromatic heterocycles. The fourth-order valence-corrected chi connectivity index (χ4v) is 7.93. The van der Waals surface area contributed by atoms with Gasteiger partial charge < -0.3 is 0 Å². The van der Waals surface area contributed by atoms with Crippen LogP contribution in [0.5, 0.6) is 0 Å². The molecule has 0 nitrogen and oxygen atoms in total. The third kappa shape index (κ3) is 2.72. The summed E-state index contributed by atoms with van der Waals surface area (Å²) >= 11 is 0. The number of hydrogen-bond acceptors (Lipinski definition) is 0. The predicted octanol–water partition coefficient (Wildman–Crippen LogP) is 12.0. The van der Waals surface area contributed by atoms with E-state index in [0.29, 0.717) is 0 Å². The van der Waals surface area contributed by atoms with Gasteiger partial charge in [-0.2, -0.15) is 0 Å². The highest BCUT2D eigenvalue weighted by Gasteiger charge is 2.25. The van der Waals surface area contributed by atoms with Crippen molar-refractivity contribution in [3.63, 3.8) is 0 Å². The van der Waals surface area contributed by atoms with Crippen LogP contribution in [-0.2, 0) is 0 Å². The van der Waals surface area contributed by atoms with E-state index < -0.39 is 0 Å². The number of rotatable bonds is 2. The van der Waals surface area contributed by atoms with Gasteiger partial charge in [-0.3, -0.25) is 0 Å². The van der Waals surface area contributed by atoms with Crippen LogP contribution in [0.3, 0.4) is 0 Å². The Balaban J connectivity index is 1.49. The predicted molar refractivity (Wildman–Crippen MR) is 182 cm³/mol. The summed E-state index contributed by atoms with van der Waals surface area (Å²) in [7, 11) is 0. The Morgan fingerprint density at radius 2 is 0.786 bits per heavy atom. The van der Waals surface area contributed by atoms with Gasteiger partial charge in [0.2, 0.25) is 0 Å². The zero-order chi connectivity index (χ0) is 27.4. The minimum Gasteiger partial charge on any atom is -0.0622 e. The van der Waals surface area contributed by atoms with Crippen LogP contribution in [0, 0.1) is 0 Å². The SMILES string of the molecule is c1ccc(-c2c3cccc4c5ccccc5c(c34)c3c4ccc(-c5cccc6ccccc56)c5cccc(c23)c54)cc1. The van der Waals surface area contributed by atoms with Gasteiger partial charge in [0.05, 0.1) is 0 Å². The van der Waals surface area contributed by atoms with E-state index in [0.717, 1.165) is 0 Å². The molecule has 0 saturated carbocycles. The highest BCUT2D eigenvalue weighted by atomic mass is 14.3. The molecular weight excluding hydrogens is 504 g/mol. The number of hydrogen-bond donors (Lipinski definition) is 0. The van der Waals surface area contributed by atoms with Crippen LogP contribution in [0.1, 0.15) is 0 Å². The molecule has 0 amide bonds. The van der Waals surface area contributed by atoms with Crippen molar-refractivity contribution in [3.8, 4) is 22.3 Å². The summed E-state index contributed by atoms with van der Waals surface area (Å²) in [6, 6.07) is 54.0. The molecule has 0 heterocycles. The van der Waals surface area contributed by atoms with Crippen molar-refractivity contribution >= 4 is 75.4 Å². The molecule has 0 fully saturated rings. The molecule has 0 unspecified atom stereocenters. The molecule has 0 N–H and O–H groups in total. The largest absolute Gasteiger partial charge is 0.0622 e. The molecule has 0 aliphatic carbocycles. The Labute approximate surface area is 242 Å². The topological polar surface area (TPSA) is 0 Å². The van der Waals surface area contributed by atoms with Crippen molar-refractivity contribution in [1.82, 2.24) is 0 Å². The molecule has 42 heavy (non-hydrogen) atoms. The Kier molecular flexibility index (Phi) is 4.27. The van der Waals surface area contributed by atoms with Crippen molar-refractivity contribution in [2.75, 3.05) is 0 Å². The van der Waals surface area contributed by atoms with Gasteiger partial charge in [-0.1, -0.05) is 146 Å². The Morgan fingerprint density at radius 1 is 0.238 bits per heavy atom. The van der Waals surface area contributed by atoms with Gasteiger partial charge in [0.15, 0.2) is 0 Å². The van der Waals surface area contributed by atoms with Crippen LogP contribution in [0.15, 0.2) is 146 Å². The van der Waals surface area contributed by atoms with Gasteiger partial charge in [0.1, 0.15) is 0 Å². The smallest absolute Gasteiger partial charge is 0.000696 e. The van der Waals surface area contributed by atoms with Crippen molar-refractivity contribution in [3.05, 3.63) is 146 Å². The molecule has 0 bridgehead atoms. The molecule has 0 aliphatic heterocycles. The van der Waals surface area contributed by atoms with Crippen molar-refractivity contribution in [1.29, 1.82) is 0 Å². The van der Waals surface area contributed by atoms with E-state index in [4.69, 9.17) is 0 Å². The van der Waals surface area contributed by atoms with Gasteiger partial charge in [-0.15, -0.1) is 0 Å². The summed E-state index contributed by atoms with van der Waals surface area (Å²) < 4.78 is 0. The maximum Gasteiger partial charge on any atom is -0.000696 e. The van der Waals surface area contributed by atoms with E-state index in [-0.39, 0.29) is 0 Å². The van der Waals surface area contributed by atoms with Crippen LogP contribution < -0.4 is 0 Å². The average molecular weight is 529 g/mol. The monoisotopic (exact) mass is 528 g/mol. The molecule has 0 saturated heterocycles. The summed E-state index contributed by atoms with van der Waals surface area (Å²) in [5.41, 5.74) is 5.20.